The van der Waals surface area contributed by atoms with E-state index in [0.29, 0.717) is 54.7 Å². The molecule has 2 aliphatic carbocycles. The molecule has 1 aliphatic heterocycles. The average Bonchev–Trinajstić information content (AvgIpc) is 3.64. The number of nitrogens with one attached hydrogen (secondary N) is 3. The number of nitrogens with zero attached hydrogens (tertiary/aromatic N) is 1. The van der Waals surface area contributed by atoms with E-state index in [1.807, 2.05) is 0 Å². The highest BCUT2D eigenvalue weighted by Gasteiger charge is 2.47. The first-order valence-corrected chi connectivity index (χ1v) is 16.5. The number of fused-ring (bicyclic) bond motifs is 1. The van der Waals surface area contributed by atoms with Crippen molar-refractivity contribution >= 4 is 40.5 Å². The monoisotopic (exact) mass is 626 g/mol. The summed E-state index contributed by atoms with van der Waals surface area (Å²) in [4.78, 5) is 56.4. The van der Waals surface area contributed by atoms with Crippen LogP contribution in [0.5, 0.6) is 0 Å². The van der Waals surface area contributed by atoms with Crippen molar-refractivity contribution in [2.24, 2.45) is 23.7 Å². The number of hydrogen-bond acceptors (Lipinski definition) is 5. The van der Waals surface area contributed by atoms with Crippen LogP contribution in [0.2, 0.25) is 0 Å². The summed E-state index contributed by atoms with van der Waals surface area (Å²) in [5.41, 5.74) is 0.615. The van der Waals surface area contributed by atoms with E-state index in [4.69, 9.17) is 4.74 Å². The maximum atomic E-state index is 14.0. The van der Waals surface area contributed by atoms with Crippen LogP contribution in [0.3, 0.4) is 0 Å². The van der Waals surface area contributed by atoms with E-state index >= 15 is 0 Å². The normalized spacial score (nSPS) is 25.1. The molecule has 1 saturated heterocycles. The van der Waals surface area contributed by atoms with E-state index in [2.05, 4.69) is 15.6 Å². The molecule has 3 amide bonds. The molecule has 3 fully saturated rings. The SMILES string of the molecule is CC(C)(C)OC(=O)NC(CF)[C@H]1CC[C@H](C(=O)N2CC[C@@H](C3CCCCC3)[C@H]2C(=O)Nc2ccc3[nH]c(C(=O)O)cc3c2)CC1. The molecule has 1 aromatic carbocycles. The second-order valence-electron chi connectivity index (χ2n) is 14.1. The number of ether oxygens (including phenoxy) is 1. The standard InChI is InChI=1S/C34H47FN4O6/c1-34(2,3)45-33(44)38-28(19-35)21-9-11-22(12-10-21)31(41)39-16-15-25(20-7-5-4-6-8-20)29(39)30(40)36-24-13-14-26-23(17-24)18-27(37-26)32(42)43/h13-14,17-18,20-22,25,28-29,37H,4-12,15-16,19H2,1-3H3,(H,36,40)(H,38,44)(H,42,43)/t21-,22-,25-,28?,29-/m0/s1. The van der Waals surface area contributed by atoms with Gasteiger partial charge >= 0.3 is 12.1 Å². The zero-order valence-corrected chi connectivity index (χ0v) is 26.6. The number of alkyl halides is 1. The summed E-state index contributed by atoms with van der Waals surface area (Å²) in [5, 5.41) is 15.7. The molecule has 2 heterocycles. The number of carboxylic acid groups (broad SMARTS) is 1. The molecule has 2 aromatic rings. The van der Waals surface area contributed by atoms with E-state index in [9.17, 15) is 28.7 Å². The van der Waals surface area contributed by atoms with Crippen molar-refractivity contribution in [2.75, 3.05) is 18.5 Å². The lowest BCUT2D eigenvalue weighted by Crippen LogP contribution is -2.50. The summed E-state index contributed by atoms with van der Waals surface area (Å²) in [6, 6.07) is 5.53. The fourth-order valence-corrected chi connectivity index (χ4v) is 7.74. The summed E-state index contributed by atoms with van der Waals surface area (Å²) in [7, 11) is 0. The Kier molecular flexibility index (Phi) is 10.0. The number of anilines is 1. The fourth-order valence-electron chi connectivity index (χ4n) is 7.74. The molecule has 0 spiro atoms. The number of halogens is 1. The molecular weight excluding hydrogens is 579 g/mol. The van der Waals surface area contributed by atoms with Crippen LogP contribution in [0.15, 0.2) is 24.3 Å². The number of benzene rings is 1. The van der Waals surface area contributed by atoms with Gasteiger partial charge in [-0.2, -0.15) is 0 Å². The number of carbonyl (C=O) groups excluding carboxylic acids is 3. The topological polar surface area (TPSA) is 141 Å². The highest BCUT2D eigenvalue weighted by Crippen LogP contribution is 2.41. The number of likely N-dealkylation sites (tertiary alicyclic amines) is 1. The lowest BCUT2D eigenvalue weighted by Gasteiger charge is -2.37. The van der Waals surface area contributed by atoms with Gasteiger partial charge < -0.3 is 30.4 Å². The van der Waals surface area contributed by atoms with Crippen molar-refractivity contribution in [1.82, 2.24) is 15.2 Å². The van der Waals surface area contributed by atoms with Crippen LogP contribution < -0.4 is 10.6 Å². The number of aromatic carboxylic acids is 1. The Bertz CT molecular complexity index is 1390. The van der Waals surface area contributed by atoms with Gasteiger partial charge in [0.25, 0.3) is 0 Å². The highest BCUT2D eigenvalue weighted by molar-refractivity contribution is 6.00. The largest absolute Gasteiger partial charge is 0.477 e. The number of amides is 3. The van der Waals surface area contributed by atoms with Crippen molar-refractivity contribution in [2.45, 2.75) is 103 Å². The molecule has 3 aliphatic rings. The highest BCUT2D eigenvalue weighted by atomic mass is 19.1. The predicted octanol–water partition coefficient (Wildman–Crippen LogP) is 6.27. The van der Waals surface area contributed by atoms with Crippen LogP contribution in [0.1, 0.15) is 95.5 Å². The molecule has 1 aromatic heterocycles. The quantitative estimate of drug-likeness (QED) is 0.272. The first-order chi connectivity index (χ1) is 21.4. The summed E-state index contributed by atoms with van der Waals surface area (Å²) in [6.45, 7) is 5.11. The molecule has 0 bridgehead atoms. The third-order valence-corrected chi connectivity index (χ3v) is 9.93. The average molecular weight is 627 g/mol. The molecule has 10 nitrogen and oxygen atoms in total. The number of hydrogen-bond donors (Lipinski definition) is 4. The first kappa shape index (κ1) is 32.8. The van der Waals surface area contributed by atoms with Gasteiger partial charge in [-0.3, -0.25) is 9.59 Å². The summed E-state index contributed by atoms with van der Waals surface area (Å²) in [6.07, 6.45) is 8.09. The fraction of sp³-hybridized carbons (Fsp3) is 0.647. The first-order valence-electron chi connectivity index (χ1n) is 16.5. The van der Waals surface area contributed by atoms with Crippen molar-refractivity contribution in [1.29, 1.82) is 0 Å². The number of rotatable bonds is 8. The van der Waals surface area contributed by atoms with Gasteiger partial charge in [0.15, 0.2) is 0 Å². The predicted molar refractivity (Wildman–Crippen MR) is 169 cm³/mol. The molecular formula is C34H47FN4O6. The maximum Gasteiger partial charge on any atom is 0.407 e. The van der Waals surface area contributed by atoms with Crippen molar-refractivity contribution in [3.05, 3.63) is 30.0 Å². The van der Waals surface area contributed by atoms with Crippen LogP contribution in [0, 0.1) is 23.7 Å². The number of carbonyl (C=O) groups is 4. The number of aromatic amines is 1. The number of H-pyrrole nitrogens is 1. The van der Waals surface area contributed by atoms with E-state index in [1.54, 1.807) is 43.9 Å². The molecule has 4 N–H and O–H groups in total. The van der Waals surface area contributed by atoms with Gasteiger partial charge in [-0.25, -0.2) is 14.0 Å². The summed E-state index contributed by atoms with van der Waals surface area (Å²) >= 11 is 0. The zero-order valence-electron chi connectivity index (χ0n) is 26.6. The molecule has 2 saturated carbocycles. The molecule has 11 heteroatoms. The second kappa shape index (κ2) is 13.8. The molecule has 3 atom stereocenters. The Morgan fingerprint density at radius 1 is 1.02 bits per heavy atom. The van der Waals surface area contributed by atoms with E-state index in [0.717, 1.165) is 32.1 Å². The number of aromatic nitrogens is 1. The Labute approximate surface area is 263 Å². The Morgan fingerprint density at radius 2 is 1.73 bits per heavy atom. The Balaban J connectivity index is 1.27. The van der Waals surface area contributed by atoms with Crippen LogP contribution in [0.25, 0.3) is 10.9 Å². The Morgan fingerprint density at radius 3 is 2.38 bits per heavy atom. The Hall–Kier alpha value is -3.63. The lowest BCUT2D eigenvalue weighted by molar-refractivity contribution is -0.142. The smallest absolute Gasteiger partial charge is 0.407 e. The summed E-state index contributed by atoms with van der Waals surface area (Å²) in [5.74, 6) is -1.17. The van der Waals surface area contributed by atoms with Crippen LogP contribution >= 0.6 is 0 Å². The summed E-state index contributed by atoms with van der Waals surface area (Å²) < 4.78 is 19.3. The third kappa shape index (κ3) is 7.79. The lowest BCUT2D eigenvalue weighted by atomic mass is 9.76. The maximum absolute atomic E-state index is 14.0. The van der Waals surface area contributed by atoms with Crippen molar-refractivity contribution < 1.29 is 33.4 Å². The minimum atomic E-state index is -1.05. The molecule has 1 unspecified atom stereocenters. The van der Waals surface area contributed by atoms with Crippen LogP contribution in [0.4, 0.5) is 14.9 Å². The van der Waals surface area contributed by atoms with E-state index < -0.39 is 36.4 Å². The van der Waals surface area contributed by atoms with Crippen molar-refractivity contribution in [3.63, 3.8) is 0 Å². The van der Waals surface area contributed by atoms with Gasteiger partial charge in [-0.1, -0.05) is 32.1 Å². The van der Waals surface area contributed by atoms with Gasteiger partial charge in [0.05, 0.1) is 6.04 Å². The van der Waals surface area contributed by atoms with Gasteiger partial charge in [0.2, 0.25) is 11.8 Å². The second-order valence-corrected chi connectivity index (χ2v) is 14.1. The molecule has 45 heavy (non-hydrogen) atoms. The molecule has 0 radical (unpaired) electrons. The van der Waals surface area contributed by atoms with Crippen molar-refractivity contribution in [3.8, 4) is 0 Å². The van der Waals surface area contributed by atoms with Crippen LogP contribution in [-0.2, 0) is 14.3 Å². The van der Waals surface area contributed by atoms with Gasteiger partial charge in [0, 0.05) is 29.1 Å². The zero-order chi connectivity index (χ0) is 32.3. The molecule has 246 valence electrons. The van der Waals surface area contributed by atoms with Gasteiger partial charge in [-0.15, -0.1) is 0 Å². The third-order valence-electron chi connectivity index (χ3n) is 9.93. The number of alkyl carbamates (subject to hydrolysis) is 1. The van der Waals surface area contributed by atoms with Crippen LogP contribution in [-0.4, -0.2) is 69.8 Å². The van der Waals surface area contributed by atoms with Gasteiger partial charge in [0.1, 0.15) is 24.0 Å². The van der Waals surface area contributed by atoms with Gasteiger partial charge in [-0.05, 0) is 94.9 Å². The minimum absolute atomic E-state index is 0.0176. The van der Waals surface area contributed by atoms with E-state index in [-0.39, 0.29) is 35.3 Å². The number of carboxylic acids is 1. The minimum Gasteiger partial charge on any atom is -0.477 e. The molecule has 5 rings (SSSR count). The van der Waals surface area contributed by atoms with E-state index in [1.165, 1.54) is 12.5 Å².